The number of carbonyl (C=O) groups excluding carboxylic acids is 1. The van der Waals surface area contributed by atoms with Gasteiger partial charge in [0.1, 0.15) is 4.90 Å². The van der Waals surface area contributed by atoms with Gasteiger partial charge in [-0.2, -0.15) is 0 Å². The average molecular weight is 436 g/mol. The molecule has 0 fully saturated rings. The number of rotatable bonds is 6. The van der Waals surface area contributed by atoms with Crippen LogP contribution < -0.4 is 5.32 Å². The number of anilines is 1. The predicted molar refractivity (Wildman–Crippen MR) is 116 cm³/mol. The van der Waals surface area contributed by atoms with Gasteiger partial charge in [0.2, 0.25) is 15.9 Å². The molecule has 1 aliphatic carbocycles. The molecule has 3 rings (SSSR count). The summed E-state index contributed by atoms with van der Waals surface area (Å²) in [4.78, 5) is 14.6. The molecule has 156 valence electrons. The molecule has 0 saturated carbocycles. The first-order valence-corrected chi connectivity index (χ1v) is 11.3. The van der Waals surface area contributed by atoms with Gasteiger partial charge in [-0.3, -0.25) is 9.69 Å². The molecular weight excluding hydrogens is 410 g/mol. The molecule has 1 amide bonds. The zero-order valence-electron chi connectivity index (χ0n) is 16.9. The number of nitrogens with one attached hydrogen (secondary N) is 1. The number of fused-ring (bicyclic) bond motifs is 1. The van der Waals surface area contributed by atoms with Crippen molar-refractivity contribution in [3.63, 3.8) is 0 Å². The minimum Gasteiger partial charge on any atom is -0.325 e. The number of sulfonamides is 1. The molecule has 0 aromatic heterocycles. The minimum absolute atomic E-state index is 0.0310. The molecule has 0 unspecified atom stereocenters. The lowest BCUT2D eigenvalue weighted by Gasteiger charge is -2.32. The second-order valence-corrected chi connectivity index (χ2v) is 10.0. The number of nitrogens with zero attached hydrogens (tertiary/aromatic N) is 2. The molecule has 0 saturated heterocycles. The van der Waals surface area contributed by atoms with Crippen molar-refractivity contribution >= 4 is 33.2 Å². The van der Waals surface area contributed by atoms with Gasteiger partial charge in [0, 0.05) is 25.8 Å². The Morgan fingerprint density at radius 3 is 2.62 bits per heavy atom. The summed E-state index contributed by atoms with van der Waals surface area (Å²) >= 11 is 6.07. The summed E-state index contributed by atoms with van der Waals surface area (Å²) in [5, 5.41) is 2.91. The highest BCUT2D eigenvalue weighted by Crippen LogP contribution is 2.33. The summed E-state index contributed by atoms with van der Waals surface area (Å²) in [6.07, 6.45) is 3.17. The molecule has 2 aromatic carbocycles. The monoisotopic (exact) mass is 435 g/mol. The Morgan fingerprint density at radius 2 is 1.90 bits per heavy atom. The molecule has 0 radical (unpaired) electrons. The summed E-state index contributed by atoms with van der Waals surface area (Å²) in [5.74, 6) is -0.203. The van der Waals surface area contributed by atoms with Crippen LogP contribution in [0.2, 0.25) is 5.02 Å². The van der Waals surface area contributed by atoms with E-state index < -0.39 is 10.0 Å². The van der Waals surface area contributed by atoms with Gasteiger partial charge in [-0.15, -0.1) is 0 Å². The van der Waals surface area contributed by atoms with Gasteiger partial charge >= 0.3 is 0 Å². The van der Waals surface area contributed by atoms with E-state index in [2.05, 4.69) is 17.4 Å². The highest BCUT2D eigenvalue weighted by Gasteiger charge is 2.25. The van der Waals surface area contributed by atoms with Gasteiger partial charge in [-0.1, -0.05) is 35.9 Å². The minimum atomic E-state index is -3.70. The lowest BCUT2D eigenvalue weighted by Crippen LogP contribution is -2.35. The molecule has 1 atom stereocenters. The smallest absolute Gasteiger partial charge is 0.244 e. The third-order valence-corrected chi connectivity index (χ3v) is 7.53. The van der Waals surface area contributed by atoms with Gasteiger partial charge < -0.3 is 5.32 Å². The van der Waals surface area contributed by atoms with Crippen molar-refractivity contribution in [3.05, 3.63) is 58.6 Å². The quantitative estimate of drug-likeness (QED) is 0.753. The Labute approximate surface area is 177 Å². The molecule has 0 heterocycles. The van der Waals surface area contributed by atoms with Gasteiger partial charge in [0.05, 0.1) is 11.6 Å². The lowest BCUT2D eigenvalue weighted by atomic mass is 9.87. The maximum atomic E-state index is 12.6. The SMILES string of the molecule is CN(CC(=O)Nc1ccc(Cl)c(S(=O)(=O)N(C)C)c1)[C@H]1CCCc2ccccc21. The summed E-state index contributed by atoms with van der Waals surface area (Å²) < 4.78 is 25.9. The third kappa shape index (κ3) is 4.80. The van der Waals surface area contributed by atoms with Gasteiger partial charge in [0.25, 0.3) is 0 Å². The van der Waals surface area contributed by atoms with Crippen molar-refractivity contribution < 1.29 is 13.2 Å². The van der Waals surface area contributed by atoms with Crippen LogP contribution >= 0.6 is 11.6 Å². The fraction of sp³-hybridized carbons (Fsp3) is 0.381. The van der Waals surface area contributed by atoms with Crippen LogP contribution in [0.5, 0.6) is 0 Å². The Morgan fingerprint density at radius 1 is 1.17 bits per heavy atom. The van der Waals surface area contributed by atoms with Gasteiger partial charge in [0.15, 0.2) is 0 Å². The van der Waals surface area contributed by atoms with Crippen molar-refractivity contribution in [2.24, 2.45) is 0 Å². The van der Waals surface area contributed by atoms with E-state index in [1.54, 1.807) is 6.07 Å². The second-order valence-electron chi connectivity index (χ2n) is 7.50. The number of benzene rings is 2. The normalized spacial score (nSPS) is 16.7. The molecule has 1 N–H and O–H groups in total. The summed E-state index contributed by atoms with van der Waals surface area (Å²) in [6.45, 7) is 0.206. The number of carbonyl (C=O) groups is 1. The van der Waals surface area contributed by atoms with Crippen molar-refractivity contribution in [1.82, 2.24) is 9.21 Å². The number of hydrogen-bond acceptors (Lipinski definition) is 4. The van der Waals surface area contributed by atoms with E-state index in [4.69, 9.17) is 11.6 Å². The highest BCUT2D eigenvalue weighted by atomic mass is 35.5. The van der Waals surface area contributed by atoms with Crippen molar-refractivity contribution in [1.29, 1.82) is 0 Å². The third-order valence-electron chi connectivity index (χ3n) is 5.24. The van der Waals surface area contributed by atoms with E-state index >= 15 is 0 Å². The zero-order valence-corrected chi connectivity index (χ0v) is 18.4. The van der Waals surface area contributed by atoms with Crippen LogP contribution in [0.25, 0.3) is 0 Å². The van der Waals surface area contributed by atoms with Crippen molar-refractivity contribution in [3.8, 4) is 0 Å². The van der Waals surface area contributed by atoms with Crippen molar-refractivity contribution in [2.45, 2.75) is 30.2 Å². The fourth-order valence-corrected chi connectivity index (χ4v) is 5.09. The van der Waals surface area contributed by atoms with Crippen LogP contribution in [0.15, 0.2) is 47.4 Å². The van der Waals surface area contributed by atoms with Crippen LogP contribution in [0.3, 0.4) is 0 Å². The zero-order chi connectivity index (χ0) is 21.2. The van der Waals surface area contributed by atoms with Crippen molar-refractivity contribution in [2.75, 3.05) is 33.0 Å². The Kier molecular flexibility index (Phi) is 6.63. The topological polar surface area (TPSA) is 69.7 Å². The van der Waals surface area contributed by atoms with Gasteiger partial charge in [-0.05, 0) is 55.6 Å². The molecular formula is C21H26ClN3O3S. The van der Waals surface area contributed by atoms with E-state index in [1.165, 1.54) is 37.4 Å². The van der Waals surface area contributed by atoms with Crippen LogP contribution in [-0.2, 0) is 21.2 Å². The number of amides is 1. The molecule has 2 aromatic rings. The Hall–Kier alpha value is -1.93. The van der Waals surface area contributed by atoms with E-state index in [0.717, 1.165) is 23.6 Å². The van der Waals surface area contributed by atoms with Crippen LogP contribution in [0.1, 0.15) is 30.0 Å². The molecule has 0 aliphatic heterocycles. The molecule has 0 bridgehead atoms. The Balaban J connectivity index is 1.72. The maximum Gasteiger partial charge on any atom is 0.244 e. The maximum absolute atomic E-state index is 12.6. The van der Waals surface area contributed by atoms with E-state index in [0.29, 0.717) is 5.69 Å². The predicted octanol–water partition coefficient (Wildman–Crippen LogP) is 3.54. The first kappa shape index (κ1) is 21.8. The second kappa shape index (κ2) is 8.83. The summed E-state index contributed by atoms with van der Waals surface area (Å²) in [6, 6.07) is 13.0. The van der Waals surface area contributed by atoms with E-state index in [1.807, 2.05) is 24.1 Å². The molecule has 0 spiro atoms. The van der Waals surface area contributed by atoms with Crippen LogP contribution in [-0.4, -0.2) is 51.2 Å². The number of aryl methyl sites for hydroxylation is 1. The van der Waals surface area contributed by atoms with E-state index in [9.17, 15) is 13.2 Å². The largest absolute Gasteiger partial charge is 0.325 e. The average Bonchev–Trinajstić information content (AvgIpc) is 2.68. The number of halogens is 1. The molecule has 29 heavy (non-hydrogen) atoms. The number of hydrogen-bond donors (Lipinski definition) is 1. The fourth-order valence-electron chi connectivity index (χ4n) is 3.70. The number of likely N-dealkylation sites (N-methyl/N-ethyl adjacent to an activating group) is 1. The first-order chi connectivity index (χ1) is 13.7. The first-order valence-electron chi connectivity index (χ1n) is 9.50. The van der Waals surface area contributed by atoms with Gasteiger partial charge in [-0.25, -0.2) is 12.7 Å². The Bertz CT molecular complexity index is 1010. The van der Waals surface area contributed by atoms with Crippen LogP contribution in [0, 0.1) is 0 Å². The lowest BCUT2D eigenvalue weighted by molar-refractivity contribution is -0.117. The standard InChI is InChI=1S/C21H26ClN3O3S/c1-24(2)29(27,28)20-13-16(11-12-18(20)22)23-21(26)14-25(3)19-10-6-8-15-7-4-5-9-17(15)19/h4-5,7,9,11-13,19H,6,8,10,14H2,1-3H3,(H,23,26)/t19-/m0/s1. The molecule has 1 aliphatic rings. The molecule has 6 nitrogen and oxygen atoms in total. The summed E-state index contributed by atoms with van der Waals surface area (Å²) in [7, 11) is 1.12. The van der Waals surface area contributed by atoms with E-state index in [-0.39, 0.29) is 28.4 Å². The summed E-state index contributed by atoms with van der Waals surface area (Å²) in [5.41, 5.74) is 3.02. The highest BCUT2D eigenvalue weighted by molar-refractivity contribution is 7.89. The van der Waals surface area contributed by atoms with Crippen LogP contribution in [0.4, 0.5) is 5.69 Å². The molecule has 8 heteroatoms.